The zero-order chi connectivity index (χ0) is 44.3. The predicted octanol–water partition coefficient (Wildman–Crippen LogP) is -1.12. The number of carboxylic acids is 1. The molecular formula is C28H44N7O20P3S. The van der Waals surface area contributed by atoms with Crippen LogP contribution in [0.1, 0.15) is 52.2 Å². The van der Waals surface area contributed by atoms with E-state index < -0.39 is 101 Å². The number of rotatable bonds is 25. The molecule has 11 N–H and O–H groups in total. The molecular weight excluding hydrogens is 879 g/mol. The van der Waals surface area contributed by atoms with Crippen LogP contribution in [0.25, 0.3) is 11.2 Å². The zero-order valence-electron chi connectivity index (χ0n) is 31.2. The van der Waals surface area contributed by atoms with Gasteiger partial charge in [-0.25, -0.2) is 28.6 Å². The number of fused-ring (bicyclic) bond motifs is 1. The molecule has 1 aliphatic rings. The number of anilines is 1. The lowest BCUT2D eigenvalue weighted by Crippen LogP contribution is -2.46. The van der Waals surface area contributed by atoms with Crippen LogP contribution in [-0.4, -0.2) is 140 Å². The Hall–Kier alpha value is -3.30. The number of nitrogen functional groups attached to an aromatic ring is 1. The maximum Gasteiger partial charge on any atom is 0.481 e. The number of aliphatic hydroxyl groups is 2. The van der Waals surface area contributed by atoms with E-state index in [1.54, 1.807) is 0 Å². The second kappa shape index (κ2) is 21.5. The number of aromatic nitrogens is 4. The van der Waals surface area contributed by atoms with Gasteiger partial charge in [-0.05, 0) is 6.42 Å². The van der Waals surface area contributed by atoms with Crippen molar-refractivity contribution in [3.8, 4) is 0 Å². The van der Waals surface area contributed by atoms with E-state index in [0.717, 1.165) is 29.0 Å². The third-order valence-electron chi connectivity index (χ3n) is 7.95. The average molecular weight is 924 g/mol. The Morgan fingerprint density at radius 2 is 1.68 bits per heavy atom. The number of Topliss-reactive ketones (excluding diaryl/α,β-unsaturated/α-hetero) is 1. The lowest BCUT2D eigenvalue weighted by molar-refractivity contribution is -0.138. The number of phosphoric acid groups is 3. The molecule has 0 radical (unpaired) electrons. The van der Waals surface area contributed by atoms with Gasteiger partial charge < -0.3 is 56.0 Å². The number of hydrogen-bond acceptors (Lipinski definition) is 20. The molecule has 3 rings (SSSR count). The number of carbonyl (C=O) groups is 5. The number of imidazole rings is 1. The van der Waals surface area contributed by atoms with Gasteiger partial charge in [0, 0.05) is 43.5 Å². The maximum atomic E-state index is 12.7. The van der Waals surface area contributed by atoms with Crippen LogP contribution in [0.5, 0.6) is 0 Å². The Morgan fingerprint density at radius 1 is 1.00 bits per heavy atom. The molecule has 31 heteroatoms. The Balaban J connectivity index is 1.44. The molecule has 2 aromatic heterocycles. The monoisotopic (exact) mass is 923 g/mol. The first-order valence-electron chi connectivity index (χ1n) is 17.1. The standard InChI is InChI=1S/C28H44N7O20P3S/c1-28(2,23(42)26(43)31-7-6-17(37)30-8-9-59-19(40)10-15(36)4-3-5-18(38)39)12-52-58(49,50)55-57(47,48)51-11-16-22(54-56(44,45)46)21(41)27(53-16)35-14-34-20-24(29)32-13-33-25(20)35/h13-14,16,21-23,27,41-42H,3-12H2,1-2H3,(H,30,37)(H,31,43)(H,38,39)(H,47,48)(H,49,50)(H2,29,32,33)(H2,44,45,46)/t16-,21-,22-,23?,27-/m1/s1. The summed E-state index contributed by atoms with van der Waals surface area (Å²) in [5, 5.41) is 34.3. The number of ether oxygens (including phenoxy) is 1. The van der Waals surface area contributed by atoms with Gasteiger partial charge in [-0.2, -0.15) is 4.31 Å². The van der Waals surface area contributed by atoms with Crippen molar-refractivity contribution in [2.45, 2.75) is 76.6 Å². The van der Waals surface area contributed by atoms with Crippen molar-refractivity contribution in [1.29, 1.82) is 0 Å². The van der Waals surface area contributed by atoms with Gasteiger partial charge in [0.15, 0.2) is 22.8 Å². The number of carbonyl (C=O) groups excluding carboxylic acids is 4. The Kier molecular flexibility index (Phi) is 18.2. The first-order valence-corrected chi connectivity index (χ1v) is 22.6. The number of carboxylic acid groups (broad SMARTS) is 1. The highest BCUT2D eigenvalue weighted by Gasteiger charge is 2.50. The molecule has 0 saturated carbocycles. The van der Waals surface area contributed by atoms with Crippen LogP contribution in [0.15, 0.2) is 12.7 Å². The van der Waals surface area contributed by atoms with Crippen molar-refractivity contribution < 1.29 is 95.2 Å². The minimum absolute atomic E-state index is 0.0150. The summed E-state index contributed by atoms with van der Waals surface area (Å²) in [5.74, 6) is -2.94. The van der Waals surface area contributed by atoms with Crippen LogP contribution in [0.2, 0.25) is 0 Å². The predicted molar refractivity (Wildman–Crippen MR) is 198 cm³/mol. The van der Waals surface area contributed by atoms with E-state index in [4.69, 9.17) is 24.6 Å². The van der Waals surface area contributed by atoms with E-state index in [-0.39, 0.29) is 67.9 Å². The Bertz CT molecular complexity index is 1980. The van der Waals surface area contributed by atoms with Crippen molar-refractivity contribution in [2.75, 3.05) is 37.8 Å². The second-order valence-electron chi connectivity index (χ2n) is 13.3. The lowest BCUT2D eigenvalue weighted by atomic mass is 9.87. The summed E-state index contributed by atoms with van der Waals surface area (Å²) >= 11 is 0.801. The quantitative estimate of drug-likeness (QED) is 0.0320. The number of nitrogens with zero attached hydrogens (tertiary/aromatic N) is 4. The van der Waals surface area contributed by atoms with Gasteiger partial charge in [0.05, 0.1) is 26.0 Å². The molecule has 2 aromatic rings. The number of amides is 2. The number of aliphatic carboxylic acids is 1. The van der Waals surface area contributed by atoms with Crippen molar-refractivity contribution in [2.24, 2.45) is 5.41 Å². The van der Waals surface area contributed by atoms with Crippen molar-refractivity contribution in [3.63, 3.8) is 0 Å². The molecule has 0 aromatic carbocycles. The van der Waals surface area contributed by atoms with Gasteiger partial charge in [-0.3, -0.25) is 42.1 Å². The average Bonchev–Trinajstić information content (AvgIpc) is 3.67. The first kappa shape index (κ1) is 50.1. The molecule has 3 heterocycles. The number of hydrogen-bond donors (Lipinski definition) is 10. The fourth-order valence-corrected chi connectivity index (χ4v) is 8.56. The molecule has 3 unspecified atom stereocenters. The van der Waals surface area contributed by atoms with Crippen LogP contribution in [0.3, 0.4) is 0 Å². The number of phosphoric ester groups is 3. The molecule has 59 heavy (non-hydrogen) atoms. The Morgan fingerprint density at radius 3 is 2.34 bits per heavy atom. The second-order valence-corrected chi connectivity index (χ2v) is 18.6. The number of aliphatic hydroxyl groups excluding tert-OH is 2. The summed E-state index contributed by atoms with van der Waals surface area (Å²) in [6.07, 6.45) is -7.65. The van der Waals surface area contributed by atoms with Crippen LogP contribution in [0, 0.1) is 5.41 Å². The Labute approximate surface area is 338 Å². The molecule has 0 aliphatic carbocycles. The third-order valence-corrected chi connectivity index (χ3v) is 11.9. The highest BCUT2D eigenvalue weighted by Crippen LogP contribution is 2.61. The normalized spacial score (nSPS) is 21.0. The van der Waals surface area contributed by atoms with E-state index in [9.17, 15) is 67.5 Å². The minimum Gasteiger partial charge on any atom is -0.481 e. The van der Waals surface area contributed by atoms with Crippen LogP contribution < -0.4 is 16.4 Å². The molecule has 7 atom stereocenters. The van der Waals surface area contributed by atoms with E-state index in [0.29, 0.717) is 0 Å². The van der Waals surface area contributed by atoms with Crippen LogP contribution in [0.4, 0.5) is 5.82 Å². The molecule has 1 aliphatic heterocycles. The van der Waals surface area contributed by atoms with Gasteiger partial charge in [0.2, 0.25) is 11.8 Å². The fraction of sp³-hybridized carbons (Fsp3) is 0.643. The zero-order valence-corrected chi connectivity index (χ0v) is 34.7. The first-order chi connectivity index (χ1) is 27.3. The summed E-state index contributed by atoms with van der Waals surface area (Å²) in [7, 11) is -16.5. The van der Waals surface area contributed by atoms with Gasteiger partial charge in [-0.15, -0.1) is 0 Å². The molecule has 1 saturated heterocycles. The number of nitrogens with one attached hydrogen (secondary N) is 2. The summed E-state index contributed by atoms with van der Waals surface area (Å²) in [6, 6.07) is 0. The highest BCUT2D eigenvalue weighted by molar-refractivity contribution is 8.13. The summed E-state index contributed by atoms with van der Waals surface area (Å²) in [4.78, 5) is 110. The van der Waals surface area contributed by atoms with E-state index >= 15 is 0 Å². The minimum atomic E-state index is -5.60. The van der Waals surface area contributed by atoms with Crippen LogP contribution >= 0.6 is 35.2 Å². The molecule has 0 spiro atoms. The van der Waals surface area contributed by atoms with Gasteiger partial charge >= 0.3 is 29.4 Å². The topological polar surface area (TPSA) is 418 Å². The molecule has 332 valence electrons. The SMILES string of the molecule is CC(C)(COP(=O)(O)OP(=O)(O)OC[C@H]1O[C@@H](n2cnc3c(N)ncnc32)[C@H](O)[C@@H]1OP(=O)(O)O)C(O)C(=O)NCCC(=O)NCCSC(=O)CC(=O)CCCC(=O)O. The number of ketones is 1. The maximum absolute atomic E-state index is 12.7. The fourth-order valence-electron chi connectivity index (χ4n) is 5.03. The molecule has 27 nitrogen and oxygen atoms in total. The summed E-state index contributed by atoms with van der Waals surface area (Å²) in [6.45, 7) is 0.116. The van der Waals surface area contributed by atoms with E-state index in [1.807, 2.05) is 0 Å². The number of thioether (sulfide) groups is 1. The van der Waals surface area contributed by atoms with E-state index in [1.165, 1.54) is 13.8 Å². The smallest absolute Gasteiger partial charge is 0.481 e. The van der Waals surface area contributed by atoms with Gasteiger partial charge in [0.25, 0.3) is 0 Å². The van der Waals surface area contributed by atoms with Gasteiger partial charge in [-0.1, -0.05) is 25.6 Å². The van der Waals surface area contributed by atoms with E-state index in [2.05, 4.69) is 34.4 Å². The van der Waals surface area contributed by atoms with Gasteiger partial charge in [0.1, 0.15) is 42.0 Å². The van der Waals surface area contributed by atoms with Crippen molar-refractivity contribution in [3.05, 3.63) is 12.7 Å². The van der Waals surface area contributed by atoms with Crippen LogP contribution in [-0.2, 0) is 60.3 Å². The number of nitrogens with two attached hydrogens (primary N) is 1. The molecule has 1 fully saturated rings. The molecule has 2 amide bonds. The van der Waals surface area contributed by atoms with Crippen molar-refractivity contribution >= 4 is 80.9 Å². The largest absolute Gasteiger partial charge is 0.481 e. The summed E-state index contributed by atoms with van der Waals surface area (Å²) < 4.78 is 62.0. The summed E-state index contributed by atoms with van der Waals surface area (Å²) in [5.41, 5.74) is 4.18. The third kappa shape index (κ3) is 16.2. The lowest BCUT2D eigenvalue weighted by Gasteiger charge is -2.30. The molecule has 0 bridgehead atoms. The highest BCUT2D eigenvalue weighted by atomic mass is 32.2. The van der Waals surface area contributed by atoms with Crippen molar-refractivity contribution in [1.82, 2.24) is 30.2 Å².